The molecule has 2 aromatic heterocycles. The molecule has 1 aliphatic rings. The molecule has 0 saturated carbocycles. The van der Waals surface area contributed by atoms with Crippen LogP contribution in [0.25, 0.3) is 5.82 Å². The van der Waals surface area contributed by atoms with Crippen LogP contribution in [-0.2, 0) is 9.53 Å². The molecule has 0 spiro atoms. The minimum Gasteiger partial charge on any atom is -0.390 e. The Morgan fingerprint density at radius 3 is 2.57 bits per heavy atom. The number of halogens is 2. The summed E-state index contributed by atoms with van der Waals surface area (Å²) in [6.07, 6.45) is 4.28. The summed E-state index contributed by atoms with van der Waals surface area (Å²) in [5.41, 5.74) is 13.2. The van der Waals surface area contributed by atoms with E-state index in [0.717, 1.165) is 0 Å². The van der Waals surface area contributed by atoms with E-state index in [2.05, 4.69) is 9.97 Å². The van der Waals surface area contributed by atoms with Crippen LogP contribution in [0.3, 0.4) is 0 Å². The fourth-order valence-corrected chi connectivity index (χ4v) is 5.36. The number of esters is 1. The summed E-state index contributed by atoms with van der Waals surface area (Å²) in [4.78, 5) is 39.8. The van der Waals surface area contributed by atoms with Gasteiger partial charge in [-0.1, -0.05) is 23.7 Å². The fourth-order valence-electron chi connectivity index (χ4n) is 5.13. The number of primary amides is 1. The Kier molecular flexibility index (Phi) is 9.49. The smallest absolute Gasteiger partial charge is 0.347 e. The second-order valence-electron chi connectivity index (χ2n) is 10.3. The third-order valence-electron chi connectivity index (χ3n) is 7.34. The summed E-state index contributed by atoms with van der Waals surface area (Å²) in [6, 6.07) is 9.18. The van der Waals surface area contributed by atoms with Gasteiger partial charge in [-0.2, -0.15) is 4.98 Å². The van der Waals surface area contributed by atoms with Gasteiger partial charge in [0, 0.05) is 60.5 Å². The number of carbonyl (C=O) groups excluding carboxylic acids is 2. The number of carbonyl (C=O) groups is 2. The molecule has 4 aromatic rings. The van der Waals surface area contributed by atoms with Crippen LogP contribution in [0.1, 0.15) is 52.0 Å². The van der Waals surface area contributed by atoms with Gasteiger partial charge in [0.05, 0.1) is 6.04 Å². The molecule has 1 amide bonds. The van der Waals surface area contributed by atoms with Gasteiger partial charge in [0.15, 0.2) is 6.10 Å². The van der Waals surface area contributed by atoms with Gasteiger partial charge in [0.2, 0.25) is 11.9 Å². The lowest BCUT2D eigenvalue weighted by molar-refractivity contribution is -0.144. The first-order valence-electron chi connectivity index (χ1n) is 13.8. The number of nitrogens with two attached hydrogens (primary N) is 2. The number of aliphatic hydroxyl groups is 1. The van der Waals surface area contributed by atoms with Crippen LogP contribution in [0, 0.1) is 12.7 Å². The Balaban J connectivity index is 1.48. The van der Waals surface area contributed by atoms with Gasteiger partial charge in [-0.25, -0.2) is 19.2 Å². The molecular weight excluding hydrogens is 593 g/mol. The predicted octanol–water partition coefficient (Wildman–Crippen LogP) is 3.19. The van der Waals surface area contributed by atoms with Crippen LogP contribution in [0.2, 0.25) is 5.02 Å². The predicted molar refractivity (Wildman–Crippen MR) is 159 cm³/mol. The standard InChI is InChI=1S/C30H31ClFN7O5/c1-17-16-36-29(39(23-6-10-43-11-7-23)24(15-33)20-12-21(31)14-22(32)13-20)37-27(17)38-9-8-35-30(38)44-28(42)25(40)18-2-4-19(5-3-18)26(34)41/h2-5,8-9,12-14,16,23-25,40H,6-7,10-11,15,33H2,1H3,(H2,34,41)/t24-,25?/m1/s1. The molecule has 5 N–H and O–H groups in total. The summed E-state index contributed by atoms with van der Waals surface area (Å²) in [5.74, 6) is -1.44. The molecule has 1 unspecified atom stereocenters. The molecule has 230 valence electrons. The van der Waals surface area contributed by atoms with Crippen LogP contribution in [0.4, 0.5) is 10.3 Å². The minimum atomic E-state index is -1.66. The molecule has 2 aromatic carbocycles. The Hall–Kier alpha value is -4.43. The zero-order chi connectivity index (χ0) is 31.4. The van der Waals surface area contributed by atoms with Crippen molar-refractivity contribution in [1.82, 2.24) is 19.5 Å². The Labute approximate surface area is 257 Å². The first-order valence-corrected chi connectivity index (χ1v) is 14.2. The van der Waals surface area contributed by atoms with Crippen molar-refractivity contribution >= 4 is 29.4 Å². The van der Waals surface area contributed by atoms with Gasteiger partial charge in [-0.15, -0.1) is 0 Å². The van der Waals surface area contributed by atoms with Gasteiger partial charge in [0.1, 0.15) is 11.6 Å². The van der Waals surface area contributed by atoms with E-state index < -0.39 is 29.8 Å². The zero-order valence-electron chi connectivity index (χ0n) is 23.8. The van der Waals surface area contributed by atoms with Gasteiger partial charge < -0.3 is 30.9 Å². The maximum Gasteiger partial charge on any atom is 0.347 e. The molecular formula is C30H31ClFN7O5. The van der Waals surface area contributed by atoms with E-state index in [4.69, 9.17) is 37.5 Å². The lowest BCUT2D eigenvalue weighted by Crippen LogP contribution is -2.45. The molecule has 1 fully saturated rings. The molecule has 1 saturated heterocycles. The topological polar surface area (TPSA) is 172 Å². The van der Waals surface area contributed by atoms with E-state index in [1.807, 2.05) is 4.90 Å². The van der Waals surface area contributed by atoms with Crippen molar-refractivity contribution in [1.29, 1.82) is 0 Å². The molecule has 2 atom stereocenters. The molecule has 44 heavy (non-hydrogen) atoms. The molecule has 5 rings (SSSR count). The molecule has 14 heteroatoms. The van der Waals surface area contributed by atoms with Crippen molar-refractivity contribution in [2.75, 3.05) is 24.7 Å². The number of nitrogens with zero attached hydrogens (tertiary/aromatic N) is 5. The number of hydrogen-bond donors (Lipinski definition) is 3. The lowest BCUT2D eigenvalue weighted by atomic mass is 9.99. The highest BCUT2D eigenvalue weighted by Crippen LogP contribution is 2.33. The van der Waals surface area contributed by atoms with Crippen molar-refractivity contribution in [2.24, 2.45) is 11.5 Å². The van der Waals surface area contributed by atoms with E-state index in [-0.39, 0.29) is 34.7 Å². The number of aliphatic hydroxyl groups excluding tert-OH is 1. The summed E-state index contributed by atoms with van der Waals surface area (Å²) in [6.45, 7) is 2.95. The highest BCUT2D eigenvalue weighted by Gasteiger charge is 2.32. The van der Waals surface area contributed by atoms with E-state index in [9.17, 15) is 19.1 Å². The number of imidazole rings is 1. The molecule has 0 bridgehead atoms. The third-order valence-corrected chi connectivity index (χ3v) is 7.56. The van der Waals surface area contributed by atoms with Gasteiger partial charge in [0.25, 0.3) is 0 Å². The van der Waals surface area contributed by atoms with Crippen LogP contribution in [0.15, 0.2) is 61.1 Å². The van der Waals surface area contributed by atoms with E-state index >= 15 is 0 Å². The molecule has 1 aliphatic heterocycles. The van der Waals surface area contributed by atoms with Crippen LogP contribution < -0.4 is 21.1 Å². The lowest BCUT2D eigenvalue weighted by Gasteiger charge is -2.40. The first kappa shape index (κ1) is 31.0. The summed E-state index contributed by atoms with van der Waals surface area (Å²) >= 11 is 6.20. The van der Waals surface area contributed by atoms with Crippen LogP contribution >= 0.6 is 11.6 Å². The number of rotatable bonds is 10. The highest BCUT2D eigenvalue weighted by molar-refractivity contribution is 6.30. The normalized spacial score (nSPS) is 15.0. The van der Waals surface area contributed by atoms with Gasteiger partial charge in [-0.3, -0.25) is 9.36 Å². The summed E-state index contributed by atoms with van der Waals surface area (Å²) in [5, 5.41) is 10.9. The Bertz CT molecular complexity index is 1620. The van der Waals surface area contributed by atoms with Crippen LogP contribution in [-0.4, -0.2) is 62.3 Å². The minimum absolute atomic E-state index is 0.0777. The van der Waals surface area contributed by atoms with Gasteiger partial charge >= 0.3 is 12.0 Å². The second-order valence-corrected chi connectivity index (χ2v) is 10.7. The van der Waals surface area contributed by atoms with Crippen molar-refractivity contribution in [3.63, 3.8) is 0 Å². The first-order chi connectivity index (χ1) is 21.2. The average molecular weight is 624 g/mol. The number of amides is 1. The molecule has 0 radical (unpaired) electrons. The largest absolute Gasteiger partial charge is 0.390 e. The number of aryl methyl sites for hydroxylation is 1. The number of hydrogen-bond acceptors (Lipinski definition) is 10. The number of benzene rings is 2. The monoisotopic (exact) mass is 623 g/mol. The second kappa shape index (κ2) is 13.5. The number of aromatic nitrogens is 4. The highest BCUT2D eigenvalue weighted by atomic mass is 35.5. The van der Waals surface area contributed by atoms with Crippen molar-refractivity contribution < 1.29 is 28.6 Å². The third kappa shape index (κ3) is 6.70. The quantitative estimate of drug-likeness (QED) is 0.223. The van der Waals surface area contributed by atoms with Crippen molar-refractivity contribution in [2.45, 2.75) is 38.0 Å². The molecule has 0 aliphatic carbocycles. The van der Waals surface area contributed by atoms with Crippen molar-refractivity contribution in [3.8, 4) is 11.8 Å². The van der Waals surface area contributed by atoms with Gasteiger partial charge in [-0.05, 0) is 61.2 Å². The number of anilines is 1. The summed E-state index contributed by atoms with van der Waals surface area (Å²) in [7, 11) is 0. The van der Waals surface area contributed by atoms with Crippen LogP contribution in [0.5, 0.6) is 6.01 Å². The van der Waals surface area contributed by atoms with Crippen molar-refractivity contribution in [3.05, 3.63) is 94.1 Å². The van der Waals surface area contributed by atoms with E-state index in [1.54, 1.807) is 25.4 Å². The zero-order valence-corrected chi connectivity index (χ0v) is 24.5. The maximum atomic E-state index is 14.4. The Morgan fingerprint density at radius 2 is 1.91 bits per heavy atom. The maximum absolute atomic E-state index is 14.4. The molecule has 3 heterocycles. The SMILES string of the molecule is Cc1cnc(N(C2CCOCC2)[C@H](CN)c2cc(F)cc(Cl)c2)nc1-n1ccnc1OC(=O)C(O)c1ccc(C(N)=O)cc1. The number of ether oxygens (including phenoxy) is 2. The Morgan fingerprint density at radius 1 is 1.18 bits per heavy atom. The average Bonchev–Trinajstić information content (AvgIpc) is 3.47. The van der Waals surface area contributed by atoms with E-state index in [0.29, 0.717) is 48.9 Å². The summed E-state index contributed by atoms with van der Waals surface area (Å²) < 4.78 is 26.9. The fraction of sp³-hybridized carbons (Fsp3) is 0.300. The molecule has 12 nitrogen and oxygen atoms in total. The van der Waals surface area contributed by atoms with E-state index in [1.165, 1.54) is 47.2 Å².